The van der Waals surface area contributed by atoms with Crippen LogP contribution in [0, 0.1) is 0 Å². The largest absolute Gasteiger partial charge is 0.464 e. The summed E-state index contributed by atoms with van der Waals surface area (Å²) in [5, 5.41) is 3.79. The number of carbonyl (C=O) groups excluding carboxylic acids is 2. The SMILES string of the molecule is CCOC(=O)C(Cc1c[nH]c2cccc(Br)c12)NC(=O)c1ccccc1. The molecule has 0 aliphatic carbocycles. The van der Waals surface area contributed by atoms with Gasteiger partial charge < -0.3 is 15.0 Å². The van der Waals surface area contributed by atoms with E-state index in [0.29, 0.717) is 12.0 Å². The van der Waals surface area contributed by atoms with Crippen molar-refractivity contribution < 1.29 is 14.3 Å². The topological polar surface area (TPSA) is 71.2 Å². The number of carbonyl (C=O) groups is 2. The summed E-state index contributed by atoms with van der Waals surface area (Å²) in [5.74, 6) is -0.749. The van der Waals surface area contributed by atoms with Crippen molar-refractivity contribution in [2.45, 2.75) is 19.4 Å². The Labute approximate surface area is 159 Å². The van der Waals surface area contributed by atoms with Gasteiger partial charge in [-0.1, -0.05) is 40.2 Å². The predicted octanol–water partition coefficient (Wildman–Crippen LogP) is 3.83. The van der Waals surface area contributed by atoms with Gasteiger partial charge in [-0.2, -0.15) is 0 Å². The summed E-state index contributed by atoms with van der Waals surface area (Å²) in [7, 11) is 0. The van der Waals surface area contributed by atoms with Crippen LogP contribution in [0.5, 0.6) is 0 Å². The normalized spacial score (nSPS) is 11.9. The van der Waals surface area contributed by atoms with Crippen molar-refractivity contribution in [2.75, 3.05) is 6.61 Å². The molecule has 5 nitrogen and oxygen atoms in total. The van der Waals surface area contributed by atoms with Gasteiger partial charge in [-0.05, 0) is 36.8 Å². The molecule has 1 aromatic heterocycles. The lowest BCUT2D eigenvalue weighted by atomic mass is 10.0. The Morgan fingerprint density at radius 3 is 2.65 bits per heavy atom. The molecule has 1 heterocycles. The Balaban J connectivity index is 1.86. The molecule has 0 fully saturated rings. The van der Waals surface area contributed by atoms with Crippen LogP contribution in [0.1, 0.15) is 22.8 Å². The fourth-order valence-electron chi connectivity index (χ4n) is 2.86. The van der Waals surface area contributed by atoms with Gasteiger partial charge in [0.25, 0.3) is 5.91 Å². The van der Waals surface area contributed by atoms with Crippen LogP contribution in [-0.4, -0.2) is 29.5 Å². The molecule has 134 valence electrons. The summed E-state index contributed by atoms with van der Waals surface area (Å²) in [6.07, 6.45) is 2.19. The lowest BCUT2D eigenvalue weighted by molar-refractivity contribution is -0.145. The fourth-order valence-corrected chi connectivity index (χ4v) is 3.48. The number of H-pyrrole nitrogens is 1. The number of ether oxygens (including phenoxy) is 1. The highest BCUT2D eigenvalue weighted by Crippen LogP contribution is 2.27. The minimum atomic E-state index is -0.770. The molecule has 0 saturated heterocycles. The number of aromatic amines is 1. The van der Waals surface area contributed by atoms with Gasteiger partial charge in [-0.15, -0.1) is 0 Å². The van der Waals surface area contributed by atoms with Gasteiger partial charge in [-0.3, -0.25) is 4.79 Å². The molecule has 0 aliphatic heterocycles. The van der Waals surface area contributed by atoms with Crippen molar-refractivity contribution in [2.24, 2.45) is 0 Å². The van der Waals surface area contributed by atoms with E-state index in [-0.39, 0.29) is 12.5 Å². The first-order valence-electron chi connectivity index (χ1n) is 8.37. The smallest absolute Gasteiger partial charge is 0.328 e. The van der Waals surface area contributed by atoms with E-state index in [0.717, 1.165) is 20.9 Å². The molecule has 26 heavy (non-hydrogen) atoms. The van der Waals surface area contributed by atoms with Crippen LogP contribution in [0.2, 0.25) is 0 Å². The van der Waals surface area contributed by atoms with Gasteiger partial charge in [0.1, 0.15) is 6.04 Å². The molecule has 2 aromatic carbocycles. The summed E-state index contributed by atoms with van der Waals surface area (Å²) in [4.78, 5) is 28.1. The van der Waals surface area contributed by atoms with Gasteiger partial charge in [0.15, 0.2) is 0 Å². The molecule has 6 heteroatoms. The molecule has 0 aliphatic rings. The number of rotatable bonds is 6. The number of nitrogens with one attached hydrogen (secondary N) is 2. The Kier molecular flexibility index (Phi) is 5.73. The number of aromatic nitrogens is 1. The first-order valence-corrected chi connectivity index (χ1v) is 9.16. The second-order valence-electron chi connectivity index (χ2n) is 5.82. The van der Waals surface area contributed by atoms with Crippen LogP contribution in [0.4, 0.5) is 0 Å². The van der Waals surface area contributed by atoms with Crippen LogP contribution in [0.25, 0.3) is 10.9 Å². The maximum Gasteiger partial charge on any atom is 0.328 e. The maximum atomic E-state index is 12.5. The number of fused-ring (bicyclic) bond motifs is 1. The number of esters is 1. The molecule has 1 unspecified atom stereocenters. The summed E-state index contributed by atoms with van der Waals surface area (Å²) in [5.41, 5.74) is 2.40. The number of amides is 1. The molecular weight excluding hydrogens is 396 g/mol. The van der Waals surface area contributed by atoms with Gasteiger partial charge in [0.05, 0.1) is 6.61 Å². The first kappa shape index (κ1) is 18.2. The van der Waals surface area contributed by atoms with Crippen molar-refractivity contribution in [3.05, 3.63) is 70.3 Å². The average molecular weight is 415 g/mol. The van der Waals surface area contributed by atoms with Gasteiger partial charge in [0.2, 0.25) is 0 Å². The highest BCUT2D eigenvalue weighted by molar-refractivity contribution is 9.10. The first-order chi connectivity index (χ1) is 12.6. The molecule has 3 rings (SSSR count). The van der Waals surface area contributed by atoms with Crippen LogP contribution >= 0.6 is 15.9 Å². The van der Waals surface area contributed by atoms with Gasteiger partial charge in [-0.25, -0.2) is 4.79 Å². The highest BCUT2D eigenvalue weighted by atomic mass is 79.9. The maximum absolute atomic E-state index is 12.5. The van der Waals surface area contributed by atoms with Crippen LogP contribution in [0.15, 0.2) is 59.2 Å². The molecule has 2 N–H and O–H groups in total. The third-order valence-electron chi connectivity index (χ3n) is 4.07. The van der Waals surface area contributed by atoms with Crippen LogP contribution < -0.4 is 5.32 Å². The lowest BCUT2D eigenvalue weighted by Crippen LogP contribution is -2.43. The summed E-state index contributed by atoms with van der Waals surface area (Å²) >= 11 is 3.55. The van der Waals surface area contributed by atoms with E-state index in [1.807, 2.05) is 30.5 Å². The number of hydrogen-bond acceptors (Lipinski definition) is 3. The van der Waals surface area contributed by atoms with Crippen molar-refractivity contribution >= 4 is 38.7 Å². The Morgan fingerprint density at radius 1 is 1.15 bits per heavy atom. The highest BCUT2D eigenvalue weighted by Gasteiger charge is 2.24. The average Bonchev–Trinajstić information content (AvgIpc) is 3.06. The van der Waals surface area contributed by atoms with Crippen LogP contribution in [0.3, 0.4) is 0 Å². The molecule has 0 spiro atoms. The number of benzene rings is 2. The van der Waals surface area contributed by atoms with E-state index < -0.39 is 12.0 Å². The second-order valence-corrected chi connectivity index (χ2v) is 6.68. The lowest BCUT2D eigenvalue weighted by Gasteiger charge is -2.17. The molecule has 1 amide bonds. The summed E-state index contributed by atoms with van der Waals surface area (Å²) in [6.45, 7) is 2.00. The van der Waals surface area contributed by atoms with Crippen molar-refractivity contribution in [3.8, 4) is 0 Å². The summed E-state index contributed by atoms with van der Waals surface area (Å²) < 4.78 is 6.09. The molecule has 3 aromatic rings. The molecule has 0 radical (unpaired) electrons. The van der Waals surface area contributed by atoms with Crippen molar-refractivity contribution in [1.82, 2.24) is 10.3 Å². The van der Waals surface area contributed by atoms with E-state index in [1.165, 1.54) is 0 Å². The Bertz CT molecular complexity index is 921. The quantitative estimate of drug-likeness (QED) is 0.601. The standard InChI is InChI=1S/C20H19BrN2O3/c1-2-26-20(25)17(23-19(24)13-7-4-3-5-8-13)11-14-12-22-16-10-6-9-15(21)18(14)16/h3-10,12,17,22H,2,11H2,1H3,(H,23,24). The Morgan fingerprint density at radius 2 is 1.92 bits per heavy atom. The predicted molar refractivity (Wildman–Crippen MR) is 104 cm³/mol. The summed E-state index contributed by atoms with van der Waals surface area (Å²) in [6, 6.07) is 13.9. The molecule has 0 bridgehead atoms. The van der Waals surface area contributed by atoms with Gasteiger partial charge in [0, 0.05) is 33.6 Å². The van der Waals surface area contributed by atoms with Crippen molar-refractivity contribution in [3.63, 3.8) is 0 Å². The second kappa shape index (κ2) is 8.19. The van der Waals surface area contributed by atoms with E-state index in [4.69, 9.17) is 4.74 Å². The minimum Gasteiger partial charge on any atom is -0.464 e. The van der Waals surface area contributed by atoms with Gasteiger partial charge >= 0.3 is 5.97 Å². The number of halogens is 1. The third kappa shape index (κ3) is 3.96. The minimum absolute atomic E-state index is 0.258. The zero-order chi connectivity index (χ0) is 18.5. The fraction of sp³-hybridized carbons (Fsp3) is 0.200. The monoisotopic (exact) mass is 414 g/mol. The van der Waals surface area contributed by atoms with E-state index >= 15 is 0 Å². The zero-order valence-electron chi connectivity index (χ0n) is 14.3. The molecule has 1 atom stereocenters. The Hall–Kier alpha value is -2.60. The third-order valence-corrected chi connectivity index (χ3v) is 4.73. The van der Waals surface area contributed by atoms with E-state index in [2.05, 4.69) is 26.2 Å². The zero-order valence-corrected chi connectivity index (χ0v) is 15.9. The van der Waals surface area contributed by atoms with Crippen molar-refractivity contribution in [1.29, 1.82) is 0 Å². The van der Waals surface area contributed by atoms with Crippen LogP contribution in [-0.2, 0) is 16.0 Å². The molecular formula is C20H19BrN2O3. The van der Waals surface area contributed by atoms with E-state index in [9.17, 15) is 9.59 Å². The number of hydrogen-bond donors (Lipinski definition) is 2. The molecule has 0 saturated carbocycles. The van der Waals surface area contributed by atoms with E-state index in [1.54, 1.807) is 31.2 Å².